The van der Waals surface area contributed by atoms with Crippen molar-refractivity contribution in [1.29, 1.82) is 0 Å². The second-order valence-corrected chi connectivity index (χ2v) is 4.75. The van der Waals surface area contributed by atoms with Crippen LogP contribution >= 0.6 is 23.2 Å². The summed E-state index contributed by atoms with van der Waals surface area (Å²) in [5, 5.41) is 3.63. The highest BCUT2D eigenvalue weighted by atomic mass is 35.5. The summed E-state index contributed by atoms with van der Waals surface area (Å²) < 4.78 is 0. The van der Waals surface area contributed by atoms with Gasteiger partial charge in [-0.25, -0.2) is 4.98 Å². The number of rotatable bonds is 3. The molecule has 0 atom stereocenters. The van der Waals surface area contributed by atoms with Gasteiger partial charge in [0.1, 0.15) is 5.82 Å². The third-order valence-electron chi connectivity index (χ3n) is 2.46. The van der Waals surface area contributed by atoms with E-state index in [2.05, 4.69) is 10.3 Å². The average molecular weight is 296 g/mol. The van der Waals surface area contributed by atoms with Crippen molar-refractivity contribution in [2.24, 2.45) is 0 Å². The van der Waals surface area contributed by atoms with Crippen LogP contribution in [0.2, 0.25) is 10.0 Å². The topological polar surface area (TPSA) is 68.0 Å². The molecule has 0 aliphatic heterocycles. The summed E-state index contributed by atoms with van der Waals surface area (Å²) in [4.78, 5) is 15.8. The first kappa shape index (κ1) is 13.6. The Hall–Kier alpha value is -1.78. The Morgan fingerprint density at radius 3 is 2.84 bits per heavy atom. The van der Waals surface area contributed by atoms with Crippen LogP contribution in [0.5, 0.6) is 0 Å². The Morgan fingerprint density at radius 1 is 1.32 bits per heavy atom. The van der Waals surface area contributed by atoms with E-state index in [4.69, 9.17) is 28.9 Å². The fraction of sp³-hybridized carbons (Fsp3) is 0.0769. The molecule has 98 valence electrons. The van der Waals surface area contributed by atoms with Crippen LogP contribution in [-0.2, 0) is 6.54 Å². The van der Waals surface area contributed by atoms with Gasteiger partial charge in [-0.15, -0.1) is 0 Å². The van der Waals surface area contributed by atoms with Crippen LogP contribution < -0.4 is 11.1 Å². The number of nitrogens with zero attached hydrogens (tertiary/aromatic N) is 1. The lowest BCUT2D eigenvalue weighted by atomic mass is 10.2. The summed E-state index contributed by atoms with van der Waals surface area (Å²) in [6, 6.07) is 8.68. The molecule has 0 fully saturated rings. The number of carbonyl (C=O) groups is 1. The minimum absolute atomic E-state index is 0.248. The Balaban J connectivity index is 2.07. The molecule has 4 nitrogen and oxygen atoms in total. The smallest absolute Gasteiger partial charge is 0.253 e. The molecule has 1 aromatic heterocycles. The normalized spacial score (nSPS) is 10.2. The molecule has 1 aromatic carbocycles. The van der Waals surface area contributed by atoms with Crippen LogP contribution in [0.25, 0.3) is 0 Å². The van der Waals surface area contributed by atoms with Gasteiger partial charge in [0, 0.05) is 17.8 Å². The lowest BCUT2D eigenvalue weighted by Crippen LogP contribution is -2.23. The summed E-state index contributed by atoms with van der Waals surface area (Å²) in [6.45, 7) is 0.359. The zero-order valence-corrected chi connectivity index (χ0v) is 11.4. The molecule has 19 heavy (non-hydrogen) atoms. The van der Waals surface area contributed by atoms with Crippen LogP contribution in [0.15, 0.2) is 36.5 Å². The van der Waals surface area contributed by atoms with Gasteiger partial charge < -0.3 is 11.1 Å². The van der Waals surface area contributed by atoms with Crippen molar-refractivity contribution >= 4 is 34.9 Å². The van der Waals surface area contributed by atoms with Crippen molar-refractivity contribution < 1.29 is 4.79 Å². The van der Waals surface area contributed by atoms with Gasteiger partial charge in [-0.3, -0.25) is 4.79 Å². The first-order valence-electron chi connectivity index (χ1n) is 5.50. The maximum atomic E-state index is 12.0. The van der Waals surface area contributed by atoms with E-state index in [0.29, 0.717) is 17.1 Å². The predicted molar refractivity (Wildman–Crippen MR) is 76.3 cm³/mol. The van der Waals surface area contributed by atoms with Gasteiger partial charge in [0.15, 0.2) is 0 Å². The van der Waals surface area contributed by atoms with Gasteiger partial charge in [-0.2, -0.15) is 0 Å². The molecule has 0 aliphatic carbocycles. The fourth-order valence-electron chi connectivity index (χ4n) is 1.55. The third kappa shape index (κ3) is 3.59. The van der Waals surface area contributed by atoms with Gasteiger partial charge in [-0.05, 0) is 23.8 Å². The van der Waals surface area contributed by atoms with Crippen molar-refractivity contribution in [3.63, 3.8) is 0 Å². The van der Waals surface area contributed by atoms with Crippen LogP contribution in [0.4, 0.5) is 5.82 Å². The highest BCUT2D eigenvalue weighted by Gasteiger charge is 2.11. The highest BCUT2D eigenvalue weighted by molar-refractivity contribution is 6.33. The van der Waals surface area contributed by atoms with Crippen molar-refractivity contribution in [3.05, 3.63) is 57.7 Å². The second-order valence-electron chi connectivity index (χ2n) is 3.90. The van der Waals surface area contributed by atoms with Crippen molar-refractivity contribution in [2.75, 3.05) is 5.73 Å². The number of halogens is 2. The molecule has 0 radical (unpaired) electrons. The number of nitrogen functional groups attached to an aromatic ring is 1. The first-order valence-corrected chi connectivity index (χ1v) is 6.25. The van der Waals surface area contributed by atoms with E-state index in [1.165, 1.54) is 12.3 Å². The quantitative estimate of drug-likeness (QED) is 0.915. The monoisotopic (exact) mass is 295 g/mol. The molecular weight excluding hydrogens is 285 g/mol. The fourth-order valence-corrected chi connectivity index (χ4v) is 1.96. The van der Waals surface area contributed by atoms with Gasteiger partial charge in [-0.1, -0.05) is 35.3 Å². The Morgan fingerprint density at radius 2 is 2.11 bits per heavy atom. The molecule has 2 rings (SSSR count). The van der Waals surface area contributed by atoms with Crippen LogP contribution in [0.3, 0.4) is 0 Å². The van der Waals surface area contributed by atoms with Crippen molar-refractivity contribution in [3.8, 4) is 0 Å². The predicted octanol–water partition coefficient (Wildman–Crippen LogP) is 2.90. The summed E-state index contributed by atoms with van der Waals surface area (Å²) in [5.41, 5.74) is 6.73. The number of anilines is 1. The largest absolute Gasteiger partial charge is 0.384 e. The minimum Gasteiger partial charge on any atom is -0.384 e. The van der Waals surface area contributed by atoms with Crippen LogP contribution in [-0.4, -0.2) is 10.9 Å². The summed E-state index contributed by atoms with van der Waals surface area (Å²) >= 11 is 11.8. The van der Waals surface area contributed by atoms with Gasteiger partial charge in [0.2, 0.25) is 0 Å². The van der Waals surface area contributed by atoms with E-state index in [9.17, 15) is 4.79 Å². The molecule has 2 aromatic rings. The average Bonchev–Trinajstić information content (AvgIpc) is 2.39. The summed E-state index contributed by atoms with van der Waals surface area (Å²) in [5.74, 6) is -0.0589. The zero-order valence-electron chi connectivity index (χ0n) is 9.86. The molecule has 0 bridgehead atoms. The standard InChI is InChI=1S/C13H11Cl2N3O/c14-9-3-1-2-8(4-9)6-18-13(19)10-5-12(16)17-7-11(10)15/h1-5,7H,6H2,(H2,16,17)(H,18,19). The number of hydrogen-bond acceptors (Lipinski definition) is 3. The van der Waals surface area contributed by atoms with E-state index in [1.807, 2.05) is 12.1 Å². The molecule has 0 unspecified atom stereocenters. The molecule has 1 amide bonds. The Kier molecular flexibility index (Phi) is 4.24. The first-order chi connectivity index (χ1) is 9.06. The number of carbonyl (C=O) groups excluding carboxylic acids is 1. The molecule has 6 heteroatoms. The number of nitrogens with two attached hydrogens (primary N) is 1. The van der Waals surface area contributed by atoms with E-state index < -0.39 is 0 Å². The lowest BCUT2D eigenvalue weighted by Gasteiger charge is -2.07. The Labute approximate surface area is 120 Å². The number of amides is 1. The highest BCUT2D eigenvalue weighted by Crippen LogP contribution is 2.16. The third-order valence-corrected chi connectivity index (χ3v) is 3.00. The molecule has 0 spiro atoms. The molecule has 0 saturated carbocycles. The zero-order chi connectivity index (χ0) is 13.8. The lowest BCUT2D eigenvalue weighted by molar-refractivity contribution is 0.0951. The van der Waals surface area contributed by atoms with E-state index in [0.717, 1.165) is 5.56 Å². The maximum absolute atomic E-state index is 12.0. The maximum Gasteiger partial charge on any atom is 0.253 e. The van der Waals surface area contributed by atoms with Gasteiger partial charge in [0.05, 0.1) is 10.6 Å². The molecule has 3 N–H and O–H groups in total. The van der Waals surface area contributed by atoms with Crippen molar-refractivity contribution in [2.45, 2.75) is 6.54 Å². The van der Waals surface area contributed by atoms with Crippen LogP contribution in [0, 0.1) is 0 Å². The van der Waals surface area contributed by atoms with Gasteiger partial charge >= 0.3 is 0 Å². The van der Waals surface area contributed by atoms with Crippen molar-refractivity contribution in [1.82, 2.24) is 10.3 Å². The number of nitrogens with one attached hydrogen (secondary N) is 1. The number of hydrogen-bond donors (Lipinski definition) is 2. The second kappa shape index (κ2) is 5.91. The van der Waals surface area contributed by atoms with Gasteiger partial charge in [0.25, 0.3) is 5.91 Å². The SMILES string of the molecule is Nc1cc(C(=O)NCc2cccc(Cl)c2)c(Cl)cn1. The molecule has 0 aliphatic rings. The summed E-state index contributed by atoms with van der Waals surface area (Å²) in [7, 11) is 0. The van der Waals surface area contributed by atoms with E-state index >= 15 is 0 Å². The summed E-state index contributed by atoms with van der Waals surface area (Å²) in [6.07, 6.45) is 1.35. The number of aromatic nitrogens is 1. The molecule has 0 saturated heterocycles. The van der Waals surface area contributed by atoms with E-state index in [-0.39, 0.29) is 16.7 Å². The number of pyridine rings is 1. The Bertz CT molecular complexity index is 617. The van der Waals surface area contributed by atoms with E-state index in [1.54, 1.807) is 12.1 Å². The number of benzene rings is 1. The molecule has 1 heterocycles. The molecular formula is C13H11Cl2N3O. The minimum atomic E-state index is -0.306. The van der Waals surface area contributed by atoms with Crippen LogP contribution in [0.1, 0.15) is 15.9 Å².